The van der Waals surface area contributed by atoms with Gasteiger partial charge in [-0.05, 0) is 31.6 Å². The molecule has 0 saturated heterocycles. The summed E-state index contributed by atoms with van der Waals surface area (Å²) in [4.78, 5) is 15.3. The average molecular weight is 210 g/mol. The van der Waals surface area contributed by atoms with E-state index in [2.05, 4.69) is 4.98 Å². The quantitative estimate of drug-likeness (QED) is 0.717. The Morgan fingerprint density at radius 3 is 2.86 bits per heavy atom. The molecule has 1 heterocycles. The molecule has 0 aliphatic carbocycles. The zero-order chi connectivity index (χ0) is 10.6. The molecule has 1 rings (SSSR count). The predicted octanol–water partition coefficient (Wildman–Crippen LogP) is 2.81. The minimum atomic E-state index is 0.0677. The molecule has 1 aromatic rings. The third-order valence-electron chi connectivity index (χ3n) is 1.67. The highest BCUT2D eigenvalue weighted by atomic mass is 35.5. The first kappa shape index (κ1) is 10.9. The Morgan fingerprint density at radius 2 is 2.29 bits per heavy atom. The molecule has 0 fully saturated rings. The van der Waals surface area contributed by atoms with E-state index in [0.717, 1.165) is 11.1 Å². The smallest absolute Gasteiger partial charge is 0.160 e. The standard InChI is InChI=1S/C11H12ClNO/c1-8(2)5-10(14)6-9-3-4-13-7-11(9)12/h3-5,7H,6H2,1-2H3. The largest absolute Gasteiger partial charge is 0.294 e. The Balaban J connectivity index is 2.75. The molecule has 0 N–H and O–H groups in total. The van der Waals surface area contributed by atoms with E-state index < -0.39 is 0 Å². The van der Waals surface area contributed by atoms with E-state index >= 15 is 0 Å². The monoisotopic (exact) mass is 209 g/mol. The van der Waals surface area contributed by atoms with Crippen molar-refractivity contribution in [2.75, 3.05) is 0 Å². The van der Waals surface area contributed by atoms with Crippen molar-refractivity contribution in [2.45, 2.75) is 20.3 Å². The van der Waals surface area contributed by atoms with Crippen molar-refractivity contribution in [3.05, 3.63) is 40.7 Å². The van der Waals surface area contributed by atoms with Gasteiger partial charge in [0.1, 0.15) is 0 Å². The Labute approximate surface area is 88.6 Å². The molecule has 3 heteroatoms. The van der Waals surface area contributed by atoms with Gasteiger partial charge in [0, 0.05) is 18.8 Å². The highest BCUT2D eigenvalue weighted by Gasteiger charge is 2.04. The molecule has 0 aromatic carbocycles. The fourth-order valence-corrected chi connectivity index (χ4v) is 1.29. The van der Waals surface area contributed by atoms with Crippen LogP contribution in [0.1, 0.15) is 19.4 Å². The maximum atomic E-state index is 11.4. The molecule has 0 aliphatic rings. The number of rotatable bonds is 3. The van der Waals surface area contributed by atoms with Crippen molar-refractivity contribution in [3.8, 4) is 0 Å². The van der Waals surface area contributed by atoms with Gasteiger partial charge in [0.2, 0.25) is 0 Å². The number of hydrogen-bond acceptors (Lipinski definition) is 2. The third-order valence-corrected chi connectivity index (χ3v) is 2.01. The van der Waals surface area contributed by atoms with Crippen LogP contribution in [0.3, 0.4) is 0 Å². The number of halogens is 1. The Bertz CT molecular complexity index is 367. The molecule has 2 nitrogen and oxygen atoms in total. The van der Waals surface area contributed by atoms with Gasteiger partial charge in [-0.25, -0.2) is 0 Å². The molecule has 1 aromatic heterocycles. The van der Waals surface area contributed by atoms with E-state index in [-0.39, 0.29) is 5.78 Å². The van der Waals surface area contributed by atoms with Gasteiger partial charge in [-0.15, -0.1) is 0 Å². The van der Waals surface area contributed by atoms with Crippen LogP contribution in [-0.2, 0) is 11.2 Å². The summed E-state index contributed by atoms with van der Waals surface area (Å²) in [5, 5.41) is 0.544. The minimum Gasteiger partial charge on any atom is -0.294 e. The Kier molecular flexibility index (Phi) is 3.84. The summed E-state index contributed by atoms with van der Waals surface area (Å²) in [6.45, 7) is 3.79. The number of carbonyl (C=O) groups is 1. The summed E-state index contributed by atoms with van der Waals surface area (Å²) >= 11 is 5.87. The summed E-state index contributed by atoms with van der Waals surface area (Å²) < 4.78 is 0. The number of aromatic nitrogens is 1. The van der Waals surface area contributed by atoms with E-state index in [4.69, 9.17) is 11.6 Å². The molecule has 0 spiro atoms. The summed E-state index contributed by atoms with van der Waals surface area (Å²) in [5.41, 5.74) is 1.82. The van der Waals surface area contributed by atoms with Gasteiger partial charge < -0.3 is 0 Å². The highest BCUT2D eigenvalue weighted by molar-refractivity contribution is 6.31. The molecular formula is C11H12ClNO. The zero-order valence-electron chi connectivity index (χ0n) is 8.25. The van der Waals surface area contributed by atoms with Crippen LogP contribution in [-0.4, -0.2) is 10.8 Å². The number of carbonyl (C=O) groups excluding carboxylic acids is 1. The zero-order valence-corrected chi connectivity index (χ0v) is 9.01. The second kappa shape index (κ2) is 4.91. The lowest BCUT2D eigenvalue weighted by Crippen LogP contribution is -2.00. The van der Waals surface area contributed by atoms with Gasteiger partial charge >= 0.3 is 0 Å². The highest BCUT2D eigenvalue weighted by Crippen LogP contribution is 2.14. The van der Waals surface area contributed by atoms with Gasteiger partial charge in [0.25, 0.3) is 0 Å². The maximum absolute atomic E-state index is 11.4. The number of pyridine rings is 1. The van der Waals surface area contributed by atoms with Crippen molar-refractivity contribution in [1.82, 2.24) is 4.98 Å². The second-order valence-electron chi connectivity index (χ2n) is 3.33. The van der Waals surface area contributed by atoms with Crippen LogP contribution in [0.5, 0.6) is 0 Å². The van der Waals surface area contributed by atoms with Gasteiger partial charge in [0.15, 0.2) is 5.78 Å². The maximum Gasteiger partial charge on any atom is 0.160 e. The van der Waals surface area contributed by atoms with Gasteiger partial charge in [-0.2, -0.15) is 0 Å². The van der Waals surface area contributed by atoms with E-state index in [1.807, 2.05) is 13.8 Å². The summed E-state index contributed by atoms with van der Waals surface area (Å²) in [6.07, 6.45) is 5.15. The minimum absolute atomic E-state index is 0.0677. The van der Waals surface area contributed by atoms with Crippen LogP contribution in [0.15, 0.2) is 30.1 Å². The molecule has 0 atom stereocenters. The molecule has 74 valence electrons. The van der Waals surface area contributed by atoms with Crippen LogP contribution < -0.4 is 0 Å². The van der Waals surface area contributed by atoms with Crippen LogP contribution in [0.25, 0.3) is 0 Å². The van der Waals surface area contributed by atoms with Crippen LogP contribution in [0, 0.1) is 0 Å². The van der Waals surface area contributed by atoms with Gasteiger partial charge in [-0.3, -0.25) is 9.78 Å². The Morgan fingerprint density at radius 1 is 1.57 bits per heavy atom. The SMILES string of the molecule is CC(C)=CC(=O)Cc1ccncc1Cl. The Hall–Kier alpha value is -1.15. The fourth-order valence-electron chi connectivity index (χ4n) is 1.11. The molecule has 14 heavy (non-hydrogen) atoms. The van der Waals surface area contributed by atoms with E-state index in [9.17, 15) is 4.79 Å². The lowest BCUT2D eigenvalue weighted by Gasteiger charge is -1.99. The van der Waals surface area contributed by atoms with Crippen LogP contribution >= 0.6 is 11.6 Å². The molecule has 0 radical (unpaired) electrons. The third kappa shape index (κ3) is 3.30. The van der Waals surface area contributed by atoms with Gasteiger partial charge in [0.05, 0.1) is 5.02 Å². The van der Waals surface area contributed by atoms with E-state index in [1.54, 1.807) is 24.5 Å². The molecule has 0 unspecified atom stereocenters. The normalized spacial score (nSPS) is 9.64. The van der Waals surface area contributed by atoms with Crippen molar-refractivity contribution in [2.24, 2.45) is 0 Å². The lowest BCUT2D eigenvalue weighted by atomic mass is 10.1. The molecule has 0 bridgehead atoms. The number of nitrogens with zero attached hydrogens (tertiary/aromatic N) is 1. The topological polar surface area (TPSA) is 30.0 Å². The molecular weight excluding hydrogens is 198 g/mol. The summed E-state index contributed by atoms with van der Waals surface area (Å²) in [6, 6.07) is 1.76. The van der Waals surface area contributed by atoms with Crippen molar-refractivity contribution >= 4 is 17.4 Å². The average Bonchev–Trinajstić information content (AvgIpc) is 2.07. The van der Waals surface area contributed by atoms with E-state index in [0.29, 0.717) is 11.4 Å². The van der Waals surface area contributed by atoms with Crippen LogP contribution in [0.4, 0.5) is 0 Å². The first-order chi connectivity index (χ1) is 6.59. The first-order valence-corrected chi connectivity index (χ1v) is 4.73. The van der Waals surface area contributed by atoms with Crippen LogP contribution in [0.2, 0.25) is 5.02 Å². The first-order valence-electron chi connectivity index (χ1n) is 4.35. The number of allylic oxidation sites excluding steroid dienone is 2. The summed E-state index contributed by atoms with van der Waals surface area (Å²) in [7, 11) is 0. The lowest BCUT2D eigenvalue weighted by molar-refractivity contribution is -0.114. The van der Waals surface area contributed by atoms with Crippen molar-refractivity contribution in [1.29, 1.82) is 0 Å². The van der Waals surface area contributed by atoms with Crippen molar-refractivity contribution in [3.63, 3.8) is 0 Å². The number of ketones is 1. The fraction of sp³-hybridized carbons (Fsp3) is 0.273. The molecule has 0 amide bonds. The molecule has 0 saturated carbocycles. The predicted molar refractivity (Wildman–Crippen MR) is 57.4 cm³/mol. The summed E-state index contributed by atoms with van der Waals surface area (Å²) in [5.74, 6) is 0.0677. The molecule has 0 aliphatic heterocycles. The van der Waals surface area contributed by atoms with Gasteiger partial charge in [-0.1, -0.05) is 17.2 Å². The van der Waals surface area contributed by atoms with Crippen molar-refractivity contribution < 1.29 is 4.79 Å². The number of hydrogen-bond donors (Lipinski definition) is 0. The second-order valence-corrected chi connectivity index (χ2v) is 3.74. The van der Waals surface area contributed by atoms with E-state index in [1.165, 1.54) is 0 Å².